The average molecular weight is 533 g/mol. The molecule has 0 bridgehead atoms. The number of carboxylic acids is 1. The maximum atomic E-state index is 15.5. The Morgan fingerprint density at radius 2 is 1.97 bits per heavy atom. The zero-order valence-electron chi connectivity index (χ0n) is 20.7. The molecule has 0 amide bonds. The van der Waals surface area contributed by atoms with E-state index in [1.54, 1.807) is 31.5 Å². The molecule has 198 valence electrons. The molecule has 37 heavy (non-hydrogen) atoms. The lowest BCUT2D eigenvalue weighted by molar-refractivity contribution is -0.139. The summed E-state index contributed by atoms with van der Waals surface area (Å²) in [6.07, 6.45) is 2.14. The van der Waals surface area contributed by atoms with E-state index in [1.807, 2.05) is 6.07 Å². The fourth-order valence-corrected chi connectivity index (χ4v) is 6.14. The molecule has 3 aromatic rings. The Hall–Kier alpha value is -2.78. The number of aromatic nitrogens is 1. The fraction of sp³-hybridized carbons (Fsp3) is 0.429. The number of thioether (sulfide) groups is 1. The van der Waals surface area contributed by atoms with Crippen molar-refractivity contribution in [1.82, 2.24) is 9.88 Å². The first-order chi connectivity index (χ1) is 17.8. The van der Waals surface area contributed by atoms with Gasteiger partial charge in [0.25, 0.3) is 0 Å². The summed E-state index contributed by atoms with van der Waals surface area (Å²) in [6, 6.07) is 10.6. The number of pyridine rings is 1. The molecule has 0 saturated carbocycles. The highest BCUT2D eigenvalue weighted by Crippen LogP contribution is 2.36. The zero-order valence-corrected chi connectivity index (χ0v) is 21.5. The van der Waals surface area contributed by atoms with Gasteiger partial charge in [-0.05, 0) is 79.6 Å². The predicted octanol–water partition coefficient (Wildman–Crippen LogP) is 6.52. The van der Waals surface area contributed by atoms with Gasteiger partial charge in [-0.1, -0.05) is 0 Å². The Kier molecular flexibility index (Phi) is 9.32. The van der Waals surface area contributed by atoms with E-state index in [4.69, 9.17) is 4.74 Å². The molecule has 3 atom stereocenters. The highest BCUT2D eigenvalue weighted by atomic mass is 32.2. The Labute approximate surface area is 219 Å². The van der Waals surface area contributed by atoms with Gasteiger partial charge in [0.2, 0.25) is 0 Å². The van der Waals surface area contributed by atoms with Gasteiger partial charge in [-0.25, -0.2) is 13.2 Å². The number of aliphatic carboxylic acids is 1. The number of benzene rings is 2. The summed E-state index contributed by atoms with van der Waals surface area (Å²) in [5.41, 5.74) is 1.28. The van der Waals surface area contributed by atoms with Crippen molar-refractivity contribution in [1.29, 1.82) is 0 Å². The van der Waals surface area contributed by atoms with Gasteiger partial charge in [-0.15, -0.1) is 11.8 Å². The Bertz CT molecular complexity index is 1210. The lowest BCUT2D eigenvalue weighted by Gasteiger charge is -2.38. The number of fused-ring (bicyclic) bond motifs is 1. The standard InChI is InChI=1S/C28H31F3N2O3S/c1-36-22-3-5-27-25(16-22)24(6-8-32-27)26(31)4-2-18-7-9-33(17-19(18)12-28(34)35)10-11-37-23-14-20(29)13-21(30)15-23/h3,5-6,8,13-16,18-19,26H,2,4,7,9-12,17H2,1H3,(H,34,35)/t18-,19+,26-/m1/s1. The van der Waals surface area contributed by atoms with Crippen molar-refractivity contribution < 1.29 is 27.8 Å². The number of carbonyl (C=O) groups is 1. The minimum Gasteiger partial charge on any atom is -0.497 e. The number of rotatable bonds is 11. The summed E-state index contributed by atoms with van der Waals surface area (Å²) < 4.78 is 47.6. The van der Waals surface area contributed by atoms with Crippen LogP contribution in [0, 0.1) is 23.5 Å². The summed E-state index contributed by atoms with van der Waals surface area (Å²) in [4.78, 5) is 18.6. The van der Waals surface area contributed by atoms with Gasteiger partial charge in [-0.2, -0.15) is 0 Å². The fourth-order valence-electron chi connectivity index (χ4n) is 5.16. The second kappa shape index (κ2) is 12.6. The minimum absolute atomic E-state index is 0.0375. The number of alkyl halides is 1. The SMILES string of the molecule is COc1ccc2nccc([C@H](F)CC[C@@H]3CCN(CCSc4cc(F)cc(F)c4)C[C@@H]3CC(=O)O)c2c1. The molecule has 1 aliphatic heterocycles. The molecule has 1 aromatic heterocycles. The number of hydrogen-bond donors (Lipinski definition) is 1. The van der Waals surface area contributed by atoms with Crippen LogP contribution < -0.4 is 4.74 Å². The van der Waals surface area contributed by atoms with Crippen molar-refractivity contribution in [2.45, 2.75) is 36.8 Å². The molecule has 0 spiro atoms. The van der Waals surface area contributed by atoms with Crippen LogP contribution in [0.15, 0.2) is 53.6 Å². The Balaban J connectivity index is 1.34. The van der Waals surface area contributed by atoms with Gasteiger partial charge in [-0.3, -0.25) is 9.78 Å². The molecule has 0 unspecified atom stereocenters. The first kappa shape index (κ1) is 27.3. The smallest absolute Gasteiger partial charge is 0.303 e. The van der Waals surface area contributed by atoms with Gasteiger partial charge in [0.15, 0.2) is 0 Å². The topological polar surface area (TPSA) is 62.7 Å². The van der Waals surface area contributed by atoms with Crippen LogP contribution >= 0.6 is 11.8 Å². The van der Waals surface area contributed by atoms with Crippen molar-refractivity contribution in [2.24, 2.45) is 11.8 Å². The van der Waals surface area contributed by atoms with Gasteiger partial charge in [0, 0.05) is 47.8 Å². The Morgan fingerprint density at radius 3 is 2.70 bits per heavy atom. The van der Waals surface area contributed by atoms with Crippen molar-refractivity contribution in [3.05, 3.63) is 65.9 Å². The summed E-state index contributed by atoms with van der Waals surface area (Å²) in [5.74, 6) is -0.750. The molecule has 1 saturated heterocycles. The van der Waals surface area contributed by atoms with E-state index in [-0.39, 0.29) is 18.3 Å². The van der Waals surface area contributed by atoms with Crippen LogP contribution in [-0.2, 0) is 4.79 Å². The quantitative estimate of drug-likeness (QED) is 0.284. The van der Waals surface area contributed by atoms with E-state index < -0.39 is 23.8 Å². The molecular formula is C28H31F3N2O3S. The number of nitrogens with zero attached hydrogens (tertiary/aromatic N) is 2. The maximum Gasteiger partial charge on any atom is 0.303 e. The molecule has 1 N–H and O–H groups in total. The Morgan fingerprint density at radius 1 is 1.19 bits per heavy atom. The maximum absolute atomic E-state index is 15.5. The monoisotopic (exact) mass is 532 g/mol. The summed E-state index contributed by atoms with van der Waals surface area (Å²) in [5, 5.41) is 10.2. The molecule has 2 aromatic carbocycles. The molecular weight excluding hydrogens is 501 g/mol. The number of ether oxygens (including phenoxy) is 1. The lowest BCUT2D eigenvalue weighted by Crippen LogP contribution is -2.42. The normalized spacial score (nSPS) is 19.1. The molecule has 9 heteroatoms. The molecule has 1 aliphatic rings. The molecule has 5 nitrogen and oxygen atoms in total. The third-order valence-corrected chi connectivity index (χ3v) is 7.99. The van der Waals surface area contributed by atoms with Crippen LogP contribution in [0.5, 0.6) is 5.75 Å². The number of piperidine rings is 1. The van der Waals surface area contributed by atoms with E-state index in [9.17, 15) is 18.7 Å². The van der Waals surface area contributed by atoms with Crippen molar-refractivity contribution in [2.75, 3.05) is 32.5 Å². The second-order valence-electron chi connectivity index (χ2n) is 9.49. The molecule has 2 heterocycles. The summed E-state index contributed by atoms with van der Waals surface area (Å²) in [6.45, 7) is 2.08. The summed E-state index contributed by atoms with van der Waals surface area (Å²) >= 11 is 1.37. The number of hydrogen-bond acceptors (Lipinski definition) is 5. The first-order valence-electron chi connectivity index (χ1n) is 12.4. The molecule has 0 radical (unpaired) electrons. The highest BCUT2D eigenvalue weighted by Gasteiger charge is 2.31. The van der Waals surface area contributed by atoms with Crippen LogP contribution in [0.3, 0.4) is 0 Å². The van der Waals surface area contributed by atoms with Crippen molar-refractivity contribution in [3.8, 4) is 5.75 Å². The van der Waals surface area contributed by atoms with Crippen LogP contribution in [0.2, 0.25) is 0 Å². The van der Waals surface area contributed by atoms with Crippen LogP contribution in [0.1, 0.15) is 37.4 Å². The van der Waals surface area contributed by atoms with Gasteiger partial charge < -0.3 is 14.7 Å². The largest absolute Gasteiger partial charge is 0.497 e. The average Bonchev–Trinajstić information content (AvgIpc) is 2.86. The van der Waals surface area contributed by atoms with E-state index in [0.717, 1.165) is 24.4 Å². The molecule has 1 fully saturated rings. The first-order valence-corrected chi connectivity index (χ1v) is 13.4. The van der Waals surface area contributed by atoms with E-state index in [0.29, 0.717) is 53.4 Å². The van der Waals surface area contributed by atoms with Crippen LogP contribution in [0.25, 0.3) is 10.9 Å². The van der Waals surface area contributed by atoms with E-state index in [1.165, 1.54) is 23.9 Å². The number of halogens is 3. The van der Waals surface area contributed by atoms with Crippen LogP contribution in [0.4, 0.5) is 13.2 Å². The predicted molar refractivity (Wildman–Crippen MR) is 139 cm³/mol. The molecule has 0 aliphatic carbocycles. The minimum atomic E-state index is -1.19. The number of methoxy groups -OCH3 is 1. The third kappa shape index (κ3) is 7.38. The zero-order chi connectivity index (χ0) is 26.4. The summed E-state index contributed by atoms with van der Waals surface area (Å²) in [7, 11) is 1.57. The lowest BCUT2D eigenvalue weighted by atomic mass is 9.79. The van der Waals surface area contributed by atoms with Gasteiger partial charge in [0.1, 0.15) is 23.6 Å². The second-order valence-corrected chi connectivity index (χ2v) is 10.7. The van der Waals surface area contributed by atoms with Gasteiger partial charge in [0.05, 0.1) is 12.6 Å². The van der Waals surface area contributed by atoms with Crippen LogP contribution in [-0.4, -0.2) is 53.5 Å². The molecule has 4 rings (SSSR count). The number of likely N-dealkylation sites (tertiary alicyclic amines) is 1. The van der Waals surface area contributed by atoms with E-state index in [2.05, 4.69) is 9.88 Å². The number of carboxylic acid groups (broad SMARTS) is 1. The van der Waals surface area contributed by atoms with Gasteiger partial charge >= 0.3 is 5.97 Å². The van der Waals surface area contributed by atoms with Crippen molar-refractivity contribution >= 4 is 28.6 Å². The van der Waals surface area contributed by atoms with E-state index >= 15 is 4.39 Å². The highest BCUT2D eigenvalue weighted by molar-refractivity contribution is 7.99. The third-order valence-electron chi connectivity index (χ3n) is 7.04. The van der Waals surface area contributed by atoms with Crippen molar-refractivity contribution in [3.63, 3.8) is 0 Å².